The SMILES string of the molecule is CC(=O)N[C@]1(C)CCCC(C)=C1/C=C/C(C)=C/C=C/C(C)=C/C(=O)O. The highest BCUT2D eigenvalue weighted by Crippen LogP contribution is 2.34. The number of carbonyl (C=O) groups excluding carboxylic acids is 1. The van der Waals surface area contributed by atoms with Gasteiger partial charge in [-0.15, -0.1) is 0 Å². The summed E-state index contributed by atoms with van der Waals surface area (Å²) < 4.78 is 0. The highest BCUT2D eigenvalue weighted by atomic mass is 16.4. The Labute approximate surface area is 150 Å². The van der Waals surface area contributed by atoms with E-state index in [9.17, 15) is 9.59 Å². The van der Waals surface area contributed by atoms with Gasteiger partial charge in [-0.2, -0.15) is 0 Å². The van der Waals surface area contributed by atoms with Crippen LogP contribution >= 0.6 is 0 Å². The summed E-state index contributed by atoms with van der Waals surface area (Å²) in [6, 6.07) is 0. The molecule has 1 aliphatic rings. The van der Waals surface area contributed by atoms with E-state index in [2.05, 4.69) is 25.2 Å². The van der Waals surface area contributed by atoms with E-state index in [1.807, 2.05) is 25.2 Å². The molecule has 0 radical (unpaired) electrons. The minimum Gasteiger partial charge on any atom is -0.478 e. The molecule has 0 aromatic carbocycles. The summed E-state index contributed by atoms with van der Waals surface area (Å²) in [5.41, 5.74) is 3.90. The molecule has 1 rings (SSSR count). The predicted octanol–water partition coefficient (Wildman–Crippen LogP) is 4.47. The van der Waals surface area contributed by atoms with Gasteiger partial charge >= 0.3 is 5.97 Å². The van der Waals surface area contributed by atoms with Crippen molar-refractivity contribution in [3.63, 3.8) is 0 Å². The van der Waals surface area contributed by atoms with Crippen LogP contribution in [0.3, 0.4) is 0 Å². The third-order valence-electron chi connectivity index (χ3n) is 4.32. The van der Waals surface area contributed by atoms with Gasteiger partial charge in [0, 0.05) is 13.0 Å². The number of rotatable bonds is 6. The first kappa shape index (κ1) is 20.7. The molecular weight excluding hydrogens is 314 g/mol. The zero-order chi connectivity index (χ0) is 19.0. The number of amides is 1. The van der Waals surface area contributed by atoms with Gasteiger partial charge in [0.15, 0.2) is 0 Å². The minimum absolute atomic E-state index is 0.0148. The lowest BCUT2D eigenvalue weighted by atomic mass is 9.77. The molecule has 25 heavy (non-hydrogen) atoms. The molecule has 0 heterocycles. The molecule has 0 spiro atoms. The van der Waals surface area contributed by atoms with Crippen LogP contribution in [0.1, 0.15) is 53.9 Å². The van der Waals surface area contributed by atoms with Crippen LogP contribution in [0.5, 0.6) is 0 Å². The molecular formula is C21H29NO3. The van der Waals surface area contributed by atoms with Crippen molar-refractivity contribution in [2.24, 2.45) is 0 Å². The molecule has 1 aliphatic carbocycles. The number of carboxylic acids is 1. The van der Waals surface area contributed by atoms with Gasteiger partial charge in [-0.05, 0) is 58.1 Å². The Morgan fingerprint density at radius 3 is 2.44 bits per heavy atom. The fourth-order valence-electron chi connectivity index (χ4n) is 3.16. The monoisotopic (exact) mass is 343 g/mol. The van der Waals surface area contributed by atoms with Crippen LogP contribution in [-0.4, -0.2) is 22.5 Å². The Bertz CT molecular complexity index is 677. The largest absolute Gasteiger partial charge is 0.478 e. The average molecular weight is 343 g/mol. The number of aliphatic carboxylic acids is 1. The second-order valence-corrected chi connectivity index (χ2v) is 6.89. The first-order valence-electron chi connectivity index (χ1n) is 8.57. The van der Waals surface area contributed by atoms with Crippen LogP contribution in [0.25, 0.3) is 0 Å². The first-order chi connectivity index (χ1) is 11.6. The summed E-state index contributed by atoms with van der Waals surface area (Å²) in [5, 5.41) is 11.8. The summed E-state index contributed by atoms with van der Waals surface area (Å²) in [5.74, 6) is -0.960. The maximum Gasteiger partial charge on any atom is 0.328 e. The van der Waals surface area contributed by atoms with E-state index in [0.29, 0.717) is 5.57 Å². The van der Waals surface area contributed by atoms with Crippen LogP contribution < -0.4 is 5.32 Å². The molecule has 1 amide bonds. The van der Waals surface area contributed by atoms with Gasteiger partial charge in [0.05, 0.1) is 5.54 Å². The molecule has 0 saturated carbocycles. The van der Waals surface area contributed by atoms with E-state index in [1.54, 1.807) is 19.9 Å². The van der Waals surface area contributed by atoms with Gasteiger partial charge in [0.25, 0.3) is 0 Å². The van der Waals surface area contributed by atoms with Crippen molar-refractivity contribution in [2.45, 2.75) is 59.4 Å². The third-order valence-corrected chi connectivity index (χ3v) is 4.32. The van der Waals surface area contributed by atoms with E-state index in [4.69, 9.17) is 5.11 Å². The van der Waals surface area contributed by atoms with Crippen LogP contribution in [-0.2, 0) is 9.59 Å². The van der Waals surface area contributed by atoms with E-state index >= 15 is 0 Å². The Balaban J connectivity index is 2.93. The third kappa shape index (κ3) is 6.96. The van der Waals surface area contributed by atoms with Crippen molar-refractivity contribution in [3.8, 4) is 0 Å². The van der Waals surface area contributed by atoms with Gasteiger partial charge in [-0.25, -0.2) is 4.79 Å². The summed E-state index contributed by atoms with van der Waals surface area (Å²) in [7, 11) is 0. The van der Waals surface area contributed by atoms with Crippen LogP contribution in [0.4, 0.5) is 0 Å². The lowest BCUT2D eigenvalue weighted by Gasteiger charge is -2.37. The number of carbonyl (C=O) groups is 2. The standard InChI is InChI=1S/C21H29NO3/c1-15(8-6-9-16(2)14-20(24)25)11-12-19-17(3)10-7-13-21(19,5)22-18(4)23/h6,8-9,11-12,14H,7,10,13H2,1-5H3,(H,22,23)(H,24,25)/b9-6+,12-11+,15-8+,16-14+/t21-/m1/s1. The molecule has 136 valence electrons. The number of hydrogen-bond acceptors (Lipinski definition) is 2. The molecule has 0 bridgehead atoms. The average Bonchev–Trinajstić information content (AvgIpc) is 2.44. The Kier molecular flexibility index (Phi) is 7.62. The number of hydrogen-bond donors (Lipinski definition) is 2. The van der Waals surface area contributed by atoms with E-state index in [1.165, 1.54) is 17.2 Å². The molecule has 4 nitrogen and oxygen atoms in total. The molecule has 1 atom stereocenters. The number of carboxylic acid groups (broad SMARTS) is 1. The van der Waals surface area contributed by atoms with Crippen LogP contribution in [0.15, 0.2) is 58.7 Å². The molecule has 0 aromatic rings. The highest BCUT2D eigenvalue weighted by Gasteiger charge is 2.32. The maximum atomic E-state index is 11.6. The summed E-state index contributed by atoms with van der Waals surface area (Å²) >= 11 is 0. The zero-order valence-electron chi connectivity index (χ0n) is 15.8. The van der Waals surface area contributed by atoms with E-state index < -0.39 is 5.97 Å². The second-order valence-electron chi connectivity index (χ2n) is 6.89. The quantitative estimate of drug-likeness (QED) is 0.552. The molecule has 0 saturated heterocycles. The number of allylic oxidation sites excluding steroid dienone is 7. The predicted molar refractivity (Wildman–Crippen MR) is 102 cm³/mol. The fourth-order valence-corrected chi connectivity index (χ4v) is 3.16. The smallest absolute Gasteiger partial charge is 0.328 e. The second kappa shape index (κ2) is 9.21. The van der Waals surface area contributed by atoms with E-state index in [0.717, 1.165) is 24.8 Å². The van der Waals surface area contributed by atoms with Crippen LogP contribution in [0, 0.1) is 0 Å². The first-order valence-corrected chi connectivity index (χ1v) is 8.57. The van der Waals surface area contributed by atoms with Gasteiger partial charge in [0.1, 0.15) is 0 Å². The van der Waals surface area contributed by atoms with Crippen molar-refractivity contribution < 1.29 is 14.7 Å². The lowest BCUT2D eigenvalue weighted by molar-refractivity contribution is -0.131. The van der Waals surface area contributed by atoms with Gasteiger partial charge in [0.2, 0.25) is 5.91 Å². The van der Waals surface area contributed by atoms with Crippen molar-refractivity contribution in [1.82, 2.24) is 5.32 Å². The van der Waals surface area contributed by atoms with Crippen molar-refractivity contribution in [1.29, 1.82) is 0 Å². The molecule has 0 aromatic heterocycles. The van der Waals surface area contributed by atoms with Gasteiger partial charge in [-0.3, -0.25) is 4.79 Å². The lowest BCUT2D eigenvalue weighted by Crippen LogP contribution is -2.47. The number of nitrogens with one attached hydrogen (secondary N) is 1. The summed E-state index contributed by atoms with van der Waals surface area (Å²) in [6.07, 6.45) is 13.9. The van der Waals surface area contributed by atoms with Crippen molar-refractivity contribution in [3.05, 3.63) is 58.7 Å². The van der Waals surface area contributed by atoms with Gasteiger partial charge in [-0.1, -0.05) is 41.5 Å². The topological polar surface area (TPSA) is 66.4 Å². The molecule has 4 heteroatoms. The normalized spacial score (nSPS) is 22.8. The maximum absolute atomic E-state index is 11.6. The Morgan fingerprint density at radius 1 is 1.16 bits per heavy atom. The molecule has 0 aliphatic heterocycles. The van der Waals surface area contributed by atoms with E-state index in [-0.39, 0.29) is 11.4 Å². The molecule has 0 fully saturated rings. The Morgan fingerprint density at radius 2 is 1.84 bits per heavy atom. The molecule has 0 unspecified atom stereocenters. The van der Waals surface area contributed by atoms with Crippen molar-refractivity contribution in [2.75, 3.05) is 0 Å². The highest BCUT2D eigenvalue weighted by molar-refractivity contribution is 5.81. The van der Waals surface area contributed by atoms with Crippen molar-refractivity contribution >= 4 is 11.9 Å². The summed E-state index contributed by atoms with van der Waals surface area (Å²) in [4.78, 5) is 22.1. The van der Waals surface area contributed by atoms with Gasteiger partial charge < -0.3 is 10.4 Å². The molecule has 2 N–H and O–H groups in total. The fraction of sp³-hybridized carbons (Fsp3) is 0.429. The van der Waals surface area contributed by atoms with Crippen LogP contribution in [0.2, 0.25) is 0 Å². The minimum atomic E-state index is -0.945. The zero-order valence-corrected chi connectivity index (χ0v) is 15.8. The summed E-state index contributed by atoms with van der Waals surface area (Å²) in [6.45, 7) is 9.50. The Hall–Kier alpha value is -2.36.